The summed E-state index contributed by atoms with van der Waals surface area (Å²) in [5.41, 5.74) is 4.40. The van der Waals surface area contributed by atoms with Crippen molar-refractivity contribution in [3.63, 3.8) is 0 Å². The summed E-state index contributed by atoms with van der Waals surface area (Å²) in [6, 6.07) is 17.0. The quantitative estimate of drug-likeness (QED) is 0.577. The van der Waals surface area contributed by atoms with Gasteiger partial charge in [-0.3, -0.25) is 9.48 Å². The average molecular weight is 352 g/mol. The molecule has 0 spiro atoms. The van der Waals surface area contributed by atoms with Crippen LogP contribution in [0.1, 0.15) is 15.9 Å². The van der Waals surface area contributed by atoms with Gasteiger partial charge in [0.15, 0.2) is 5.82 Å². The molecule has 0 unspecified atom stereocenters. The highest BCUT2D eigenvalue weighted by atomic mass is 16.1. The number of benzene rings is 2. The molecule has 2 aromatic heterocycles. The highest BCUT2D eigenvalue weighted by Gasteiger charge is 2.19. The lowest BCUT2D eigenvalue weighted by Crippen LogP contribution is -2.16. The van der Waals surface area contributed by atoms with Gasteiger partial charge in [0, 0.05) is 30.3 Å². The van der Waals surface area contributed by atoms with Gasteiger partial charge in [-0.1, -0.05) is 47.9 Å². The molecule has 1 amide bonds. The molecule has 0 saturated heterocycles. The van der Waals surface area contributed by atoms with E-state index in [1.54, 1.807) is 36.1 Å². The van der Waals surface area contributed by atoms with Crippen LogP contribution in [0.3, 0.4) is 0 Å². The number of anilines is 1. The van der Waals surface area contributed by atoms with Gasteiger partial charge in [-0.15, -0.1) is 0 Å². The molecular weight excluding hydrogens is 335 g/mol. The Morgan fingerprint density at radius 3 is 2.59 bits per heavy atom. The molecule has 2 aromatic carbocycles. The van der Waals surface area contributed by atoms with Gasteiger partial charge in [0.1, 0.15) is 7.85 Å². The lowest BCUT2D eigenvalue weighted by Gasteiger charge is -2.15. The van der Waals surface area contributed by atoms with Crippen molar-refractivity contribution in [2.45, 2.75) is 6.92 Å². The van der Waals surface area contributed by atoms with E-state index < -0.39 is 0 Å². The van der Waals surface area contributed by atoms with Crippen LogP contribution in [-0.2, 0) is 7.05 Å². The van der Waals surface area contributed by atoms with Crippen molar-refractivity contribution in [1.29, 1.82) is 0 Å². The van der Waals surface area contributed by atoms with E-state index in [0.29, 0.717) is 16.8 Å². The van der Waals surface area contributed by atoms with Crippen LogP contribution < -0.4 is 10.8 Å². The zero-order chi connectivity index (χ0) is 19.0. The summed E-state index contributed by atoms with van der Waals surface area (Å²) in [5.74, 6) is 0.262. The number of carbonyl (C=O) groups is 1. The molecule has 5 nitrogen and oxygen atoms in total. The minimum Gasteiger partial charge on any atom is -0.305 e. The molecule has 2 heterocycles. The normalized spacial score (nSPS) is 10.9. The summed E-state index contributed by atoms with van der Waals surface area (Å²) in [6.07, 6.45) is 1.78. The van der Waals surface area contributed by atoms with E-state index in [1.807, 2.05) is 43.3 Å². The summed E-state index contributed by atoms with van der Waals surface area (Å²) in [6.45, 7) is 1.91. The van der Waals surface area contributed by atoms with Crippen molar-refractivity contribution >= 4 is 35.9 Å². The molecule has 4 aromatic rings. The highest BCUT2D eigenvalue weighted by molar-refractivity contribution is 6.33. The number of nitrogens with zero attached hydrogens (tertiary/aromatic N) is 3. The van der Waals surface area contributed by atoms with Gasteiger partial charge < -0.3 is 5.32 Å². The standard InChI is InChI=1S/C21H17BN4O/c1-13-19(21(27)24-18-10-11-26(2)25-18)16-12-15(22)8-9-17(16)23-20(13)14-6-4-3-5-7-14/h3-12H,1-2H3,(H,24,25,27). The summed E-state index contributed by atoms with van der Waals surface area (Å²) in [4.78, 5) is 17.9. The minimum atomic E-state index is -0.235. The fraction of sp³-hybridized carbons (Fsp3) is 0.0952. The largest absolute Gasteiger partial charge is 0.305 e. The Balaban J connectivity index is 1.92. The zero-order valence-electron chi connectivity index (χ0n) is 15.1. The predicted octanol–water partition coefficient (Wildman–Crippen LogP) is 2.99. The Kier molecular flexibility index (Phi) is 4.24. The van der Waals surface area contributed by atoms with Gasteiger partial charge in [-0.2, -0.15) is 5.10 Å². The summed E-state index contributed by atoms with van der Waals surface area (Å²) in [5, 5.41) is 7.82. The van der Waals surface area contributed by atoms with E-state index in [-0.39, 0.29) is 5.91 Å². The number of hydrogen-bond donors (Lipinski definition) is 1. The second-order valence-corrected chi connectivity index (χ2v) is 6.43. The van der Waals surface area contributed by atoms with Crippen LogP contribution in [0, 0.1) is 6.92 Å². The Bertz CT molecular complexity index is 1150. The van der Waals surface area contributed by atoms with Gasteiger partial charge in [0.2, 0.25) is 0 Å². The first kappa shape index (κ1) is 17.0. The molecule has 27 heavy (non-hydrogen) atoms. The summed E-state index contributed by atoms with van der Waals surface area (Å²) >= 11 is 0. The Labute approximate surface area is 158 Å². The molecule has 0 aliphatic heterocycles. The van der Waals surface area contributed by atoms with E-state index in [4.69, 9.17) is 12.8 Å². The SMILES string of the molecule is [B]c1ccc2nc(-c3ccccc3)c(C)c(C(=O)Nc3ccn(C)n3)c2c1. The number of carbonyl (C=O) groups excluding carboxylic acids is 1. The molecule has 2 radical (unpaired) electrons. The highest BCUT2D eigenvalue weighted by Crippen LogP contribution is 2.29. The van der Waals surface area contributed by atoms with Crippen molar-refractivity contribution in [3.05, 3.63) is 71.9 Å². The molecule has 1 N–H and O–H groups in total. The molecule has 0 fully saturated rings. The fourth-order valence-electron chi connectivity index (χ4n) is 3.21. The first-order valence-electron chi connectivity index (χ1n) is 8.59. The van der Waals surface area contributed by atoms with Gasteiger partial charge >= 0.3 is 0 Å². The molecular formula is C21H17BN4O. The van der Waals surface area contributed by atoms with Crippen molar-refractivity contribution in [2.75, 3.05) is 5.32 Å². The lowest BCUT2D eigenvalue weighted by atomic mass is 9.91. The molecule has 0 aliphatic carbocycles. The zero-order valence-corrected chi connectivity index (χ0v) is 15.1. The molecule has 4 rings (SSSR count). The molecule has 0 aliphatic rings. The molecule has 130 valence electrons. The first-order chi connectivity index (χ1) is 13.0. The van der Waals surface area contributed by atoms with Crippen molar-refractivity contribution in [3.8, 4) is 11.3 Å². The maximum Gasteiger partial charge on any atom is 0.257 e. The van der Waals surface area contributed by atoms with Gasteiger partial charge in [0.05, 0.1) is 16.8 Å². The number of aromatic nitrogens is 3. The summed E-state index contributed by atoms with van der Waals surface area (Å²) in [7, 11) is 7.78. The van der Waals surface area contributed by atoms with Crippen LogP contribution in [-0.4, -0.2) is 28.5 Å². The summed E-state index contributed by atoms with van der Waals surface area (Å²) < 4.78 is 1.64. The van der Waals surface area contributed by atoms with Crippen LogP contribution >= 0.6 is 0 Å². The van der Waals surface area contributed by atoms with Crippen molar-refractivity contribution in [2.24, 2.45) is 7.05 Å². The topological polar surface area (TPSA) is 59.8 Å². The second kappa shape index (κ2) is 6.72. The van der Waals surface area contributed by atoms with Crippen LogP contribution in [0.25, 0.3) is 22.2 Å². The number of hydrogen-bond acceptors (Lipinski definition) is 3. The first-order valence-corrected chi connectivity index (χ1v) is 8.59. The predicted molar refractivity (Wildman–Crippen MR) is 108 cm³/mol. The Morgan fingerprint density at radius 2 is 1.89 bits per heavy atom. The number of pyridine rings is 1. The van der Waals surface area contributed by atoms with Crippen molar-refractivity contribution < 1.29 is 4.79 Å². The third-order valence-electron chi connectivity index (χ3n) is 4.48. The lowest BCUT2D eigenvalue weighted by molar-refractivity contribution is 0.102. The van der Waals surface area contributed by atoms with Crippen LogP contribution in [0.5, 0.6) is 0 Å². The second-order valence-electron chi connectivity index (χ2n) is 6.43. The maximum absolute atomic E-state index is 13.1. The maximum atomic E-state index is 13.1. The average Bonchev–Trinajstić information content (AvgIpc) is 3.06. The third-order valence-corrected chi connectivity index (χ3v) is 4.48. The smallest absolute Gasteiger partial charge is 0.257 e. The van der Waals surface area contributed by atoms with Crippen LogP contribution in [0.15, 0.2) is 60.8 Å². The van der Waals surface area contributed by atoms with Gasteiger partial charge in [0.25, 0.3) is 5.91 Å². The number of fused-ring (bicyclic) bond motifs is 1. The van der Waals surface area contributed by atoms with Gasteiger partial charge in [-0.05, 0) is 18.6 Å². The monoisotopic (exact) mass is 352 g/mol. The van der Waals surface area contributed by atoms with Gasteiger partial charge in [-0.25, -0.2) is 4.98 Å². The van der Waals surface area contributed by atoms with Crippen LogP contribution in [0.4, 0.5) is 5.82 Å². The van der Waals surface area contributed by atoms with E-state index in [9.17, 15) is 4.79 Å². The van der Waals surface area contributed by atoms with Crippen molar-refractivity contribution in [1.82, 2.24) is 14.8 Å². The molecule has 0 atom stereocenters. The number of amides is 1. The fourth-order valence-corrected chi connectivity index (χ4v) is 3.21. The molecule has 0 bridgehead atoms. The van der Waals surface area contributed by atoms with Crippen LogP contribution in [0.2, 0.25) is 0 Å². The molecule has 6 heteroatoms. The number of rotatable bonds is 3. The van der Waals surface area contributed by atoms with E-state index in [0.717, 1.165) is 27.7 Å². The molecule has 0 saturated carbocycles. The van der Waals surface area contributed by atoms with E-state index >= 15 is 0 Å². The van der Waals surface area contributed by atoms with E-state index in [1.165, 1.54) is 0 Å². The number of aryl methyl sites for hydroxylation is 1. The minimum absolute atomic E-state index is 0.235. The van der Waals surface area contributed by atoms with E-state index in [2.05, 4.69) is 10.4 Å². The Morgan fingerprint density at radius 1 is 1.11 bits per heavy atom. The third kappa shape index (κ3) is 3.22. The Hall–Kier alpha value is -3.41. The number of nitrogens with one attached hydrogen (secondary N) is 1.